The molecule has 0 aromatic heterocycles. The zero-order valence-electron chi connectivity index (χ0n) is 10.9. The van der Waals surface area contributed by atoms with E-state index >= 15 is 0 Å². The van der Waals surface area contributed by atoms with Crippen molar-refractivity contribution >= 4 is 12.1 Å². The summed E-state index contributed by atoms with van der Waals surface area (Å²) in [7, 11) is 1.30. The number of carbonyl (C=O) groups excluding carboxylic acids is 1. The van der Waals surface area contributed by atoms with Crippen molar-refractivity contribution in [1.82, 2.24) is 10.2 Å². The summed E-state index contributed by atoms with van der Waals surface area (Å²) in [6, 6.07) is 6.36. The predicted octanol–water partition coefficient (Wildman–Crippen LogP) is 1.91. The predicted molar refractivity (Wildman–Crippen MR) is 69.4 cm³/mol. The van der Waals surface area contributed by atoms with Crippen LogP contribution in [0.15, 0.2) is 29.3 Å². The van der Waals surface area contributed by atoms with E-state index in [2.05, 4.69) is 15.0 Å². The van der Waals surface area contributed by atoms with Crippen LogP contribution in [0.5, 0.6) is 0 Å². The van der Waals surface area contributed by atoms with Crippen LogP contribution < -0.4 is 5.32 Å². The van der Waals surface area contributed by atoms with Crippen LogP contribution >= 0.6 is 0 Å². The Balaban J connectivity index is 2.16. The number of guanidine groups is 1. The summed E-state index contributed by atoms with van der Waals surface area (Å²) in [6.07, 6.45) is -0.558. The third-order valence-electron chi connectivity index (χ3n) is 3.04. The Bertz CT molecular complexity index is 504. The summed E-state index contributed by atoms with van der Waals surface area (Å²) in [4.78, 5) is 17.4. The second-order valence-corrected chi connectivity index (χ2v) is 4.14. The van der Waals surface area contributed by atoms with Gasteiger partial charge in [-0.15, -0.1) is 0 Å². The maximum Gasteiger partial charge on any atom is 0.413 e. The fourth-order valence-electron chi connectivity index (χ4n) is 2.13. The number of nitrogens with one attached hydrogen (secondary N) is 1. The topological polar surface area (TPSA) is 53.9 Å². The van der Waals surface area contributed by atoms with Gasteiger partial charge < -0.3 is 9.64 Å². The minimum atomic E-state index is -0.558. The number of amides is 1. The van der Waals surface area contributed by atoms with Gasteiger partial charge in [-0.3, -0.25) is 10.3 Å². The van der Waals surface area contributed by atoms with Crippen molar-refractivity contribution in [3.05, 3.63) is 35.6 Å². The van der Waals surface area contributed by atoms with Crippen molar-refractivity contribution in [3.63, 3.8) is 0 Å². The van der Waals surface area contributed by atoms with Crippen molar-refractivity contribution in [2.75, 3.05) is 20.2 Å². The van der Waals surface area contributed by atoms with Gasteiger partial charge in [0.25, 0.3) is 0 Å². The molecule has 1 amide bonds. The number of alkyl carbamates (subject to hydrolysis) is 1. The molecule has 0 saturated carbocycles. The first-order valence-corrected chi connectivity index (χ1v) is 6.07. The number of carbonyl (C=O) groups is 1. The highest BCUT2D eigenvalue weighted by Gasteiger charge is 2.29. The molecule has 0 fully saturated rings. The molecule has 0 saturated heterocycles. The molecule has 1 heterocycles. The largest absolute Gasteiger partial charge is 0.453 e. The Kier molecular flexibility index (Phi) is 3.99. The van der Waals surface area contributed by atoms with Gasteiger partial charge in [-0.1, -0.05) is 12.1 Å². The first-order chi connectivity index (χ1) is 9.15. The number of nitrogens with zero attached hydrogens (tertiary/aromatic N) is 2. The standard InChI is InChI=1S/C13H16FN3O2/c1-3-17-11(9-5-4-6-10(14)7-9)8-15-12(17)16-13(18)19-2/h4-7,11H,3,8H2,1-2H3,(H,15,16,18). The molecule has 1 N–H and O–H groups in total. The molecule has 6 heteroatoms. The second-order valence-electron chi connectivity index (χ2n) is 4.14. The van der Waals surface area contributed by atoms with Crippen LogP contribution in [0.2, 0.25) is 0 Å². The van der Waals surface area contributed by atoms with Gasteiger partial charge in [0.05, 0.1) is 19.7 Å². The van der Waals surface area contributed by atoms with E-state index in [1.54, 1.807) is 6.07 Å². The third-order valence-corrected chi connectivity index (χ3v) is 3.04. The fraction of sp³-hybridized carbons (Fsp3) is 0.385. The molecule has 19 heavy (non-hydrogen) atoms. The summed E-state index contributed by atoms with van der Waals surface area (Å²) < 4.78 is 17.8. The number of aliphatic imine (C=N–C) groups is 1. The first kappa shape index (κ1) is 13.3. The van der Waals surface area contributed by atoms with Gasteiger partial charge in [-0.2, -0.15) is 0 Å². The van der Waals surface area contributed by atoms with Crippen molar-refractivity contribution in [1.29, 1.82) is 0 Å². The Morgan fingerprint density at radius 3 is 3.05 bits per heavy atom. The Hall–Kier alpha value is -2.11. The molecular formula is C13H16FN3O2. The van der Waals surface area contributed by atoms with Gasteiger partial charge in [0.1, 0.15) is 5.82 Å². The highest BCUT2D eigenvalue weighted by atomic mass is 19.1. The summed E-state index contributed by atoms with van der Waals surface area (Å²) >= 11 is 0. The van der Waals surface area contributed by atoms with Crippen molar-refractivity contribution in [2.24, 2.45) is 4.99 Å². The van der Waals surface area contributed by atoms with Crippen molar-refractivity contribution in [2.45, 2.75) is 13.0 Å². The normalized spacial score (nSPS) is 18.2. The first-order valence-electron chi connectivity index (χ1n) is 6.07. The van der Waals surface area contributed by atoms with E-state index < -0.39 is 6.09 Å². The van der Waals surface area contributed by atoms with E-state index in [9.17, 15) is 9.18 Å². The number of halogens is 1. The quantitative estimate of drug-likeness (QED) is 0.888. The van der Waals surface area contributed by atoms with E-state index in [-0.39, 0.29) is 11.9 Å². The third kappa shape index (κ3) is 2.83. The number of ether oxygens (including phenoxy) is 1. The van der Waals surface area contributed by atoms with Crippen molar-refractivity contribution < 1.29 is 13.9 Å². The average molecular weight is 265 g/mol. The van der Waals surface area contributed by atoms with Crippen LogP contribution in [0.3, 0.4) is 0 Å². The van der Waals surface area contributed by atoms with E-state index in [1.165, 1.54) is 19.2 Å². The lowest BCUT2D eigenvalue weighted by Gasteiger charge is -2.26. The summed E-state index contributed by atoms with van der Waals surface area (Å²) in [6.45, 7) is 3.09. The maximum absolute atomic E-state index is 13.3. The van der Waals surface area contributed by atoms with Crippen LogP contribution in [0.4, 0.5) is 9.18 Å². The molecular weight excluding hydrogens is 249 g/mol. The lowest BCUT2D eigenvalue weighted by Crippen LogP contribution is -2.42. The zero-order valence-corrected chi connectivity index (χ0v) is 10.9. The Morgan fingerprint density at radius 2 is 2.42 bits per heavy atom. The number of hydrogen-bond donors (Lipinski definition) is 1. The van der Waals surface area contributed by atoms with Gasteiger partial charge in [-0.05, 0) is 24.6 Å². The monoisotopic (exact) mass is 265 g/mol. The van der Waals surface area contributed by atoms with E-state index in [4.69, 9.17) is 0 Å². The molecule has 0 bridgehead atoms. The SMILES string of the molecule is CCN1C(NC(=O)OC)=NCC1c1cccc(F)c1. The molecule has 1 aliphatic rings. The zero-order chi connectivity index (χ0) is 13.8. The molecule has 1 aromatic rings. The molecule has 1 aromatic carbocycles. The van der Waals surface area contributed by atoms with Crippen LogP contribution in [-0.4, -0.2) is 37.2 Å². The number of methoxy groups -OCH3 is 1. The molecule has 1 unspecified atom stereocenters. The van der Waals surface area contributed by atoms with Gasteiger partial charge in [0.2, 0.25) is 5.96 Å². The van der Waals surface area contributed by atoms with Gasteiger partial charge in [0.15, 0.2) is 0 Å². The van der Waals surface area contributed by atoms with Gasteiger partial charge in [0, 0.05) is 6.54 Å². The number of rotatable bonds is 2. The van der Waals surface area contributed by atoms with E-state index in [0.717, 1.165) is 5.56 Å². The van der Waals surface area contributed by atoms with E-state index in [1.807, 2.05) is 17.9 Å². The molecule has 5 nitrogen and oxygen atoms in total. The highest BCUT2D eigenvalue weighted by molar-refractivity contribution is 5.95. The smallest absolute Gasteiger partial charge is 0.413 e. The number of likely N-dealkylation sites (N-methyl/N-ethyl adjacent to an activating group) is 1. The van der Waals surface area contributed by atoms with Gasteiger partial charge >= 0.3 is 6.09 Å². The van der Waals surface area contributed by atoms with Gasteiger partial charge in [-0.25, -0.2) is 9.18 Å². The fourth-order valence-corrected chi connectivity index (χ4v) is 2.13. The lowest BCUT2D eigenvalue weighted by atomic mass is 10.1. The molecule has 2 rings (SSSR count). The summed E-state index contributed by atoms with van der Waals surface area (Å²) in [5, 5.41) is 2.56. The molecule has 102 valence electrons. The average Bonchev–Trinajstić information content (AvgIpc) is 2.81. The van der Waals surface area contributed by atoms with Crippen LogP contribution in [0, 0.1) is 5.82 Å². The minimum Gasteiger partial charge on any atom is -0.453 e. The Morgan fingerprint density at radius 1 is 1.63 bits per heavy atom. The minimum absolute atomic E-state index is 0.0622. The molecule has 0 spiro atoms. The van der Waals surface area contributed by atoms with Crippen molar-refractivity contribution in [3.8, 4) is 0 Å². The van der Waals surface area contributed by atoms with E-state index in [0.29, 0.717) is 19.0 Å². The maximum atomic E-state index is 13.3. The summed E-state index contributed by atoms with van der Waals surface area (Å²) in [5.41, 5.74) is 0.840. The second kappa shape index (κ2) is 5.69. The van der Waals surface area contributed by atoms with Crippen LogP contribution in [-0.2, 0) is 4.74 Å². The van der Waals surface area contributed by atoms with Crippen LogP contribution in [0.1, 0.15) is 18.5 Å². The number of benzene rings is 1. The molecule has 1 aliphatic heterocycles. The highest BCUT2D eigenvalue weighted by Crippen LogP contribution is 2.26. The molecule has 0 aliphatic carbocycles. The lowest BCUT2D eigenvalue weighted by molar-refractivity contribution is 0.175. The number of hydrogen-bond acceptors (Lipinski definition) is 4. The molecule has 0 radical (unpaired) electrons. The molecule has 1 atom stereocenters. The Labute approximate surface area is 111 Å². The summed E-state index contributed by atoms with van der Waals surface area (Å²) in [5.74, 6) is 0.187. The van der Waals surface area contributed by atoms with Crippen LogP contribution in [0.25, 0.3) is 0 Å².